The number of carbonyl (C=O) groups is 1. The molecule has 0 unspecified atom stereocenters. The standard InChI is InChI=1S/C13H11F7O2/c14-11(15,12(16,17)13(18,19)20)8-22-10(21)7-6-9-4-2-1-3-5-9/h1-5H,6-8H2. The first kappa shape index (κ1) is 18.2. The second-order valence-electron chi connectivity index (χ2n) is 4.42. The van der Waals surface area contributed by atoms with Crippen molar-refractivity contribution >= 4 is 5.97 Å². The van der Waals surface area contributed by atoms with E-state index in [0.29, 0.717) is 5.56 Å². The Morgan fingerprint density at radius 1 is 0.955 bits per heavy atom. The first-order valence-corrected chi connectivity index (χ1v) is 5.99. The third kappa shape index (κ3) is 4.35. The highest BCUT2D eigenvalue weighted by molar-refractivity contribution is 5.69. The summed E-state index contributed by atoms with van der Waals surface area (Å²) in [7, 11) is 0. The van der Waals surface area contributed by atoms with Gasteiger partial charge in [0.05, 0.1) is 0 Å². The third-order valence-electron chi connectivity index (χ3n) is 2.69. The molecule has 0 N–H and O–H groups in total. The molecule has 0 saturated carbocycles. The quantitative estimate of drug-likeness (QED) is 0.581. The average molecular weight is 332 g/mol. The molecule has 22 heavy (non-hydrogen) atoms. The molecule has 124 valence electrons. The minimum atomic E-state index is -6.44. The van der Waals surface area contributed by atoms with Crippen LogP contribution in [0.5, 0.6) is 0 Å². The molecular formula is C13H11F7O2. The number of hydrogen-bond acceptors (Lipinski definition) is 2. The van der Waals surface area contributed by atoms with Gasteiger partial charge >= 0.3 is 24.0 Å². The van der Waals surface area contributed by atoms with Crippen molar-refractivity contribution in [2.24, 2.45) is 0 Å². The molecule has 0 aliphatic carbocycles. The fourth-order valence-electron chi connectivity index (χ4n) is 1.43. The van der Waals surface area contributed by atoms with Gasteiger partial charge in [0.15, 0.2) is 6.61 Å². The molecule has 0 aliphatic rings. The third-order valence-corrected chi connectivity index (χ3v) is 2.69. The summed E-state index contributed by atoms with van der Waals surface area (Å²) in [5.74, 6) is -13.1. The van der Waals surface area contributed by atoms with Crippen molar-refractivity contribution in [2.45, 2.75) is 30.9 Å². The summed E-state index contributed by atoms with van der Waals surface area (Å²) in [6.45, 7) is -2.34. The van der Waals surface area contributed by atoms with Gasteiger partial charge in [-0.2, -0.15) is 30.7 Å². The van der Waals surface area contributed by atoms with Crippen LogP contribution >= 0.6 is 0 Å². The van der Waals surface area contributed by atoms with E-state index in [4.69, 9.17) is 0 Å². The van der Waals surface area contributed by atoms with E-state index in [0.717, 1.165) is 0 Å². The Kier molecular flexibility index (Phi) is 5.42. The molecule has 0 fully saturated rings. The molecule has 9 heteroatoms. The summed E-state index contributed by atoms with van der Waals surface area (Å²) in [6.07, 6.45) is -6.77. The van der Waals surface area contributed by atoms with Gasteiger partial charge in [0.25, 0.3) is 0 Å². The highest BCUT2D eigenvalue weighted by Gasteiger charge is 2.73. The monoisotopic (exact) mass is 332 g/mol. The molecule has 1 rings (SSSR count). The average Bonchev–Trinajstić information content (AvgIpc) is 2.42. The highest BCUT2D eigenvalue weighted by Crippen LogP contribution is 2.46. The second-order valence-corrected chi connectivity index (χ2v) is 4.42. The fraction of sp³-hybridized carbons (Fsp3) is 0.462. The number of benzene rings is 1. The van der Waals surface area contributed by atoms with Gasteiger partial charge in [-0.1, -0.05) is 30.3 Å². The van der Waals surface area contributed by atoms with Crippen molar-refractivity contribution < 1.29 is 40.3 Å². The topological polar surface area (TPSA) is 26.3 Å². The largest absolute Gasteiger partial charge is 0.460 e. The van der Waals surface area contributed by atoms with Crippen LogP contribution in [-0.4, -0.2) is 30.6 Å². The number of halogens is 7. The molecule has 0 bridgehead atoms. The molecule has 0 saturated heterocycles. The van der Waals surface area contributed by atoms with Gasteiger partial charge in [-0.3, -0.25) is 4.79 Å². The van der Waals surface area contributed by atoms with E-state index in [1.165, 1.54) is 0 Å². The van der Waals surface area contributed by atoms with Crippen LogP contribution in [-0.2, 0) is 16.0 Å². The van der Waals surface area contributed by atoms with Crippen LogP contribution in [0.1, 0.15) is 12.0 Å². The molecule has 0 aromatic heterocycles. The summed E-state index contributed by atoms with van der Waals surface area (Å²) in [5.41, 5.74) is 0.659. The van der Waals surface area contributed by atoms with Gasteiger partial charge < -0.3 is 4.74 Å². The lowest BCUT2D eigenvalue weighted by atomic mass is 10.1. The number of alkyl halides is 7. The predicted octanol–water partition coefficient (Wildman–Crippen LogP) is 4.00. The predicted molar refractivity (Wildman–Crippen MR) is 61.7 cm³/mol. The minimum absolute atomic E-state index is 0.0842. The van der Waals surface area contributed by atoms with Crippen LogP contribution in [0.25, 0.3) is 0 Å². The number of aryl methyl sites for hydroxylation is 1. The summed E-state index contributed by atoms with van der Waals surface area (Å²) < 4.78 is 90.2. The molecule has 0 radical (unpaired) electrons. The SMILES string of the molecule is O=C(CCc1ccccc1)OCC(F)(F)C(F)(F)C(F)(F)F. The Hall–Kier alpha value is -1.80. The highest BCUT2D eigenvalue weighted by atomic mass is 19.4. The Labute approximate surface area is 120 Å². The van der Waals surface area contributed by atoms with Crippen LogP contribution in [0.2, 0.25) is 0 Å². The van der Waals surface area contributed by atoms with Crippen LogP contribution in [0.3, 0.4) is 0 Å². The maximum absolute atomic E-state index is 12.9. The summed E-state index contributed by atoms with van der Waals surface area (Å²) in [4.78, 5) is 11.2. The van der Waals surface area contributed by atoms with E-state index in [2.05, 4.69) is 4.74 Å². The van der Waals surface area contributed by atoms with Crippen molar-refractivity contribution in [1.82, 2.24) is 0 Å². The van der Waals surface area contributed by atoms with Gasteiger partial charge in [-0.05, 0) is 12.0 Å². The van der Waals surface area contributed by atoms with E-state index in [9.17, 15) is 35.5 Å². The smallest absolute Gasteiger partial charge is 0.459 e. The molecule has 2 nitrogen and oxygen atoms in total. The number of ether oxygens (including phenoxy) is 1. The number of rotatable bonds is 6. The summed E-state index contributed by atoms with van der Waals surface area (Å²) in [6, 6.07) is 8.25. The van der Waals surface area contributed by atoms with Crippen LogP contribution in [0, 0.1) is 0 Å². The molecule has 1 aromatic rings. The lowest BCUT2D eigenvalue weighted by molar-refractivity contribution is -0.359. The second kappa shape index (κ2) is 6.53. The van der Waals surface area contributed by atoms with E-state index in [-0.39, 0.29) is 6.42 Å². The van der Waals surface area contributed by atoms with Crippen LogP contribution in [0.4, 0.5) is 30.7 Å². The first-order chi connectivity index (χ1) is 9.97. The Bertz CT molecular complexity index is 497. The molecule has 0 spiro atoms. The van der Waals surface area contributed by atoms with Gasteiger partial charge in [0.1, 0.15) is 0 Å². The summed E-state index contributed by atoms with van der Waals surface area (Å²) >= 11 is 0. The maximum Gasteiger partial charge on any atom is 0.460 e. The van der Waals surface area contributed by atoms with E-state index in [1.807, 2.05) is 0 Å². The van der Waals surface area contributed by atoms with Crippen molar-refractivity contribution in [3.8, 4) is 0 Å². The number of esters is 1. The van der Waals surface area contributed by atoms with Gasteiger partial charge in [-0.15, -0.1) is 0 Å². The molecule has 0 amide bonds. The Morgan fingerprint density at radius 3 is 2.00 bits per heavy atom. The minimum Gasteiger partial charge on any atom is -0.459 e. The van der Waals surface area contributed by atoms with E-state index < -0.39 is 37.0 Å². The number of carbonyl (C=O) groups excluding carboxylic acids is 1. The Balaban J connectivity index is 2.52. The normalized spacial score (nSPS) is 13.0. The lowest BCUT2D eigenvalue weighted by Crippen LogP contribution is -2.54. The molecule has 1 aromatic carbocycles. The van der Waals surface area contributed by atoms with Crippen molar-refractivity contribution in [2.75, 3.05) is 6.61 Å². The van der Waals surface area contributed by atoms with Crippen molar-refractivity contribution in [3.63, 3.8) is 0 Å². The zero-order valence-corrected chi connectivity index (χ0v) is 11.0. The molecule has 0 heterocycles. The van der Waals surface area contributed by atoms with Crippen LogP contribution < -0.4 is 0 Å². The molecule has 0 atom stereocenters. The molecular weight excluding hydrogens is 321 g/mol. The van der Waals surface area contributed by atoms with Crippen molar-refractivity contribution in [1.29, 1.82) is 0 Å². The summed E-state index contributed by atoms with van der Waals surface area (Å²) in [5, 5.41) is 0. The fourth-order valence-corrected chi connectivity index (χ4v) is 1.43. The zero-order chi connectivity index (χ0) is 17.0. The van der Waals surface area contributed by atoms with Crippen molar-refractivity contribution in [3.05, 3.63) is 35.9 Å². The zero-order valence-electron chi connectivity index (χ0n) is 11.0. The van der Waals surface area contributed by atoms with Gasteiger partial charge in [-0.25, -0.2) is 0 Å². The Morgan fingerprint density at radius 2 is 1.50 bits per heavy atom. The molecule has 0 aliphatic heterocycles. The van der Waals surface area contributed by atoms with Gasteiger partial charge in [0, 0.05) is 6.42 Å². The van der Waals surface area contributed by atoms with Crippen LogP contribution in [0.15, 0.2) is 30.3 Å². The van der Waals surface area contributed by atoms with Gasteiger partial charge in [0.2, 0.25) is 0 Å². The maximum atomic E-state index is 12.9. The lowest BCUT2D eigenvalue weighted by Gasteiger charge is -2.27. The van der Waals surface area contributed by atoms with E-state index >= 15 is 0 Å². The van der Waals surface area contributed by atoms with E-state index in [1.54, 1.807) is 30.3 Å². The number of hydrogen-bond donors (Lipinski definition) is 0. The first-order valence-electron chi connectivity index (χ1n) is 5.99.